The molecule has 3 rings (SSSR count). The van der Waals surface area contributed by atoms with E-state index in [9.17, 15) is 25.1 Å². The molecular formula is C29H39N5O6. The lowest BCUT2D eigenvalue weighted by Gasteiger charge is -2.33. The molecule has 216 valence electrons. The number of benzene rings is 2. The Labute approximate surface area is 234 Å². The number of anilines is 1. The SMILES string of the molecule is CCC(=O)CCN(Oc1ccc(C(C)(C)CC)cc1C(C)(C)CC)c1cc(O)c(-n2ncc([N+](=O)[O-])n2)cc1O. The summed E-state index contributed by atoms with van der Waals surface area (Å²) in [5.41, 5.74) is 1.93. The average molecular weight is 554 g/mol. The predicted molar refractivity (Wildman–Crippen MR) is 152 cm³/mol. The molecule has 0 aliphatic rings. The van der Waals surface area contributed by atoms with Gasteiger partial charge in [-0.1, -0.05) is 65.4 Å². The van der Waals surface area contributed by atoms with E-state index in [-0.39, 0.29) is 52.5 Å². The molecule has 0 aliphatic carbocycles. The highest BCUT2D eigenvalue weighted by atomic mass is 16.7. The molecule has 1 aromatic heterocycles. The molecule has 0 fully saturated rings. The van der Waals surface area contributed by atoms with Gasteiger partial charge in [-0.15, -0.1) is 5.10 Å². The van der Waals surface area contributed by atoms with Crippen LogP contribution in [0.15, 0.2) is 36.5 Å². The number of phenolic OH excluding ortho intramolecular Hbond substituents is 2. The Hall–Kier alpha value is -4.15. The van der Waals surface area contributed by atoms with Crippen molar-refractivity contribution in [3.63, 3.8) is 0 Å². The highest BCUT2D eigenvalue weighted by Crippen LogP contribution is 2.41. The summed E-state index contributed by atoms with van der Waals surface area (Å²) in [4.78, 5) is 29.8. The highest BCUT2D eigenvalue weighted by Gasteiger charge is 2.29. The number of hydroxylamine groups is 1. The van der Waals surface area contributed by atoms with Crippen LogP contribution < -0.4 is 9.90 Å². The molecule has 1 heterocycles. The molecule has 0 aliphatic heterocycles. The van der Waals surface area contributed by atoms with Crippen LogP contribution in [0.1, 0.15) is 85.3 Å². The quantitative estimate of drug-likeness (QED) is 0.145. The summed E-state index contributed by atoms with van der Waals surface area (Å²) < 4.78 is 0. The van der Waals surface area contributed by atoms with Crippen LogP contribution in [-0.2, 0) is 15.6 Å². The first-order chi connectivity index (χ1) is 18.7. The summed E-state index contributed by atoms with van der Waals surface area (Å²) >= 11 is 0. The fourth-order valence-electron chi connectivity index (χ4n) is 4.06. The maximum absolute atomic E-state index is 12.2. The number of ketones is 1. The zero-order valence-corrected chi connectivity index (χ0v) is 24.3. The highest BCUT2D eigenvalue weighted by molar-refractivity contribution is 5.78. The van der Waals surface area contributed by atoms with Crippen molar-refractivity contribution < 1.29 is 24.8 Å². The smallest absolute Gasteiger partial charge is 0.410 e. The van der Waals surface area contributed by atoms with Crippen LogP contribution in [0.4, 0.5) is 11.5 Å². The largest absolute Gasteiger partial charge is 0.506 e. The summed E-state index contributed by atoms with van der Waals surface area (Å²) in [6.45, 7) is 14.8. The van der Waals surface area contributed by atoms with Crippen LogP contribution in [0.25, 0.3) is 5.69 Å². The number of Topliss-reactive ketones (excluding diaryl/α,β-unsaturated/α-hetero) is 1. The summed E-state index contributed by atoms with van der Waals surface area (Å²) in [5, 5.41) is 41.7. The van der Waals surface area contributed by atoms with Crippen LogP contribution >= 0.6 is 0 Å². The first-order valence-electron chi connectivity index (χ1n) is 13.5. The van der Waals surface area contributed by atoms with E-state index in [0.29, 0.717) is 12.2 Å². The van der Waals surface area contributed by atoms with Crippen molar-refractivity contribution in [2.24, 2.45) is 0 Å². The van der Waals surface area contributed by atoms with Crippen molar-refractivity contribution in [3.05, 3.63) is 57.8 Å². The van der Waals surface area contributed by atoms with Crippen molar-refractivity contribution in [2.45, 2.75) is 85.0 Å². The third-order valence-electron chi connectivity index (χ3n) is 7.68. The number of aromatic nitrogens is 3. The monoisotopic (exact) mass is 553 g/mol. The zero-order chi connectivity index (χ0) is 29.8. The molecule has 11 heteroatoms. The summed E-state index contributed by atoms with van der Waals surface area (Å²) in [5.74, 6) is -0.568. The van der Waals surface area contributed by atoms with Gasteiger partial charge in [0.1, 0.15) is 23.0 Å². The van der Waals surface area contributed by atoms with Gasteiger partial charge in [0.15, 0.2) is 17.6 Å². The van der Waals surface area contributed by atoms with Gasteiger partial charge in [-0.2, -0.15) is 0 Å². The molecule has 0 bridgehead atoms. The topological polar surface area (TPSA) is 144 Å². The molecule has 0 saturated carbocycles. The number of hydrogen-bond donors (Lipinski definition) is 2. The Kier molecular flexibility index (Phi) is 9.07. The molecular weight excluding hydrogens is 514 g/mol. The summed E-state index contributed by atoms with van der Waals surface area (Å²) in [6.07, 6.45) is 3.24. The number of nitro groups is 1. The Morgan fingerprint density at radius 1 is 1.05 bits per heavy atom. The van der Waals surface area contributed by atoms with Gasteiger partial charge in [0.2, 0.25) is 0 Å². The minimum atomic E-state index is -0.711. The van der Waals surface area contributed by atoms with E-state index in [1.165, 1.54) is 22.8 Å². The average Bonchev–Trinajstić information content (AvgIpc) is 3.42. The second-order valence-electron chi connectivity index (χ2n) is 11.1. The van der Waals surface area contributed by atoms with Crippen LogP contribution in [0.5, 0.6) is 17.2 Å². The predicted octanol–water partition coefficient (Wildman–Crippen LogP) is 6.13. The fourth-order valence-corrected chi connectivity index (χ4v) is 4.06. The fraction of sp³-hybridized carbons (Fsp3) is 0.483. The van der Waals surface area contributed by atoms with E-state index < -0.39 is 10.7 Å². The van der Waals surface area contributed by atoms with E-state index in [2.05, 4.69) is 57.8 Å². The molecule has 0 atom stereocenters. The molecule has 0 radical (unpaired) electrons. The van der Waals surface area contributed by atoms with Crippen LogP contribution in [0, 0.1) is 10.1 Å². The molecule has 0 unspecified atom stereocenters. The number of carbonyl (C=O) groups excluding carboxylic acids is 1. The van der Waals surface area contributed by atoms with Gasteiger partial charge in [-0.3, -0.25) is 4.79 Å². The molecule has 0 spiro atoms. The minimum absolute atomic E-state index is 0.0103. The minimum Gasteiger partial charge on any atom is -0.506 e. The van der Waals surface area contributed by atoms with E-state index in [4.69, 9.17) is 4.84 Å². The van der Waals surface area contributed by atoms with Gasteiger partial charge in [0, 0.05) is 30.5 Å². The summed E-state index contributed by atoms with van der Waals surface area (Å²) in [7, 11) is 0. The van der Waals surface area contributed by atoms with Gasteiger partial charge in [0.25, 0.3) is 0 Å². The van der Waals surface area contributed by atoms with Crippen molar-refractivity contribution >= 4 is 17.3 Å². The standard InChI is InChI=1S/C29H39N5O6/c1-8-20(35)13-14-32(22-16-25(37)23(17-24(22)36)33-30-18-27(31-33)34(38)39)40-26-12-11-19(28(4,5)9-2)15-21(26)29(6,7)10-3/h11-12,15-18,36-37H,8-10,13-14H2,1-7H3. The molecule has 3 aromatic rings. The van der Waals surface area contributed by atoms with Crippen LogP contribution in [0.2, 0.25) is 0 Å². The third kappa shape index (κ3) is 6.52. The Morgan fingerprint density at radius 3 is 2.30 bits per heavy atom. The van der Waals surface area contributed by atoms with Crippen molar-refractivity contribution in [3.8, 4) is 22.9 Å². The zero-order valence-electron chi connectivity index (χ0n) is 24.3. The number of phenols is 2. The number of nitrogens with zero attached hydrogens (tertiary/aromatic N) is 5. The molecule has 0 saturated heterocycles. The first-order valence-corrected chi connectivity index (χ1v) is 13.5. The van der Waals surface area contributed by atoms with Gasteiger partial charge in [0.05, 0.1) is 11.6 Å². The van der Waals surface area contributed by atoms with E-state index >= 15 is 0 Å². The van der Waals surface area contributed by atoms with Crippen molar-refractivity contribution in [2.75, 3.05) is 11.6 Å². The third-order valence-corrected chi connectivity index (χ3v) is 7.68. The Bertz CT molecular complexity index is 1380. The summed E-state index contributed by atoms with van der Waals surface area (Å²) in [6, 6.07) is 8.55. The van der Waals surface area contributed by atoms with E-state index in [1.54, 1.807) is 6.92 Å². The first kappa shape index (κ1) is 30.4. The van der Waals surface area contributed by atoms with Crippen molar-refractivity contribution in [1.82, 2.24) is 15.0 Å². The molecule has 2 N–H and O–H groups in total. The lowest BCUT2D eigenvalue weighted by Crippen LogP contribution is -2.31. The normalized spacial score (nSPS) is 11.9. The lowest BCUT2D eigenvalue weighted by atomic mass is 9.76. The van der Waals surface area contributed by atoms with E-state index in [0.717, 1.165) is 29.4 Å². The molecule has 11 nitrogen and oxygen atoms in total. The molecule has 40 heavy (non-hydrogen) atoms. The van der Waals surface area contributed by atoms with Gasteiger partial charge < -0.3 is 25.2 Å². The second kappa shape index (κ2) is 11.9. The van der Waals surface area contributed by atoms with Crippen LogP contribution in [0.3, 0.4) is 0 Å². The Balaban J connectivity index is 2.10. The Morgan fingerprint density at radius 2 is 1.73 bits per heavy atom. The molecule has 0 amide bonds. The number of rotatable bonds is 13. The lowest BCUT2D eigenvalue weighted by molar-refractivity contribution is -0.389. The van der Waals surface area contributed by atoms with Crippen molar-refractivity contribution in [1.29, 1.82) is 0 Å². The number of carbonyl (C=O) groups is 1. The maximum atomic E-state index is 12.2. The molecule has 2 aromatic carbocycles. The van der Waals surface area contributed by atoms with Gasteiger partial charge in [-0.25, -0.2) is 5.06 Å². The maximum Gasteiger partial charge on any atom is 0.410 e. The van der Waals surface area contributed by atoms with E-state index in [1.807, 2.05) is 12.1 Å². The van der Waals surface area contributed by atoms with Gasteiger partial charge >= 0.3 is 5.82 Å². The number of hydrogen-bond acceptors (Lipinski definition) is 9. The second-order valence-corrected chi connectivity index (χ2v) is 11.1. The number of aromatic hydroxyl groups is 2. The van der Waals surface area contributed by atoms with Crippen LogP contribution in [-0.4, -0.2) is 42.5 Å². The van der Waals surface area contributed by atoms with Gasteiger partial charge in [-0.05, 0) is 40.2 Å².